The molecule has 1 atom stereocenters. The van der Waals surface area contributed by atoms with Crippen LogP contribution in [0.3, 0.4) is 0 Å². The number of fused-ring (bicyclic) bond motifs is 1. The van der Waals surface area contributed by atoms with Crippen LogP contribution in [0.25, 0.3) is 11.0 Å². The molecule has 124 valence electrons. The van der Waals surface area contributed by atoms with Crippen molar-refractivity contribution in [3.05, 3.63) is 42.0 Å². The van der Waals surface area contributed by atoms with E-state index in [0.717, 1.165) is 41.7 Å². The lowest BCUT2D eigenvalue weighted by atomic mass is 9.94. The van der Waals surface area contributed by atoms with Gasteiger partial charge in [0.25, 0.3) is 0 Å². The number of aryl methyl sites for hydroxylation is 1. The molecule has 1 N–H and O–H groups in total. The van der Waals surface area contributed by atoms with Crippen LogP contribution in [0, 0.1) is 6.92 Å². The maximum Gasteiger partial charge on any atom is 0.244 e. The summed E-state index contributed by atoms with van der Waals surface area (Å²) in [6.45, 7) is 3.79. The Morgan fingerprint density at radius 1 is 1.38 bits per heavy atom. The minimum absolute atomic E-state index is 0.116. The van der Waals surface area contributed by atoms with Crippen LogP contribution in [0.2, 0.25) is 0 Å². The Labute approximate surface area is 139 Å². The number of piperidine rings is 1. The molecule has 0 saturated carbocycles. The van der Waals surface area contributed by atoms with Crippen molar-refractivity contribution in [2.45, 2.75) is 32.2 Å². The third kappa shape index (κ3) is 2.89. The van der Waals surface area contributed by atoms with E-state index in [2.05, 4.69) is 20.3 Å². The van der Waals surface area contributed by atoms with Gasteiger partial charge in [0, 0.05) is 36.3 Å². The monoisotopic (exact) mass is 324 g/mol. The van der Waals surface area contributed by atoms with E-state index >= 15 is 0 Å². The molecule has 1 aliphatic heterocycles. The number of aromatic amines is 1. The van der Waals surface area contributed by atoms with Crippen LogP contribution in [0.4, 0.5) is 0 Å². The van der Waals surface area contributed by atoms with Crippen molar-refractivity contribution < 1.29 is 4.79 Å². The SMILES string of the molecule is Cc1cnn(CC(=O)N2CCC[C@H](c3ccc4cn[nH]c4n3)C2)c1. The van der Waals surface area contributed by atoms with Crippen LogP contribution in [0.15, 0.2) is 30.7 Å². The lowest BCUT2D eigenvalue weighted by Gasteiger charge is -2.32. The molecule has 0 aliphatic carbocycles. The second-order valence-corrected chi connectivity index (χ2v) is 6.44. The first-order chi connectivity index (χ1) is 11.7. The first-order valence-electron chi connectivity index (χ1n) is 8.26. The molecule has 4 rings (SSSR count). The van der Waals surface area contributed by atoms with Gasteiger partial charge in [0.15, 0.2) is 5.65 Å². The second kappa shape index (κ2) is 6.07. The first kappa shape index (κ1) is 14.9. The number of hydrogen-bond acceptors (Lipinski definition) is 4. The van der Waals surface area contributed by atoms with E-state index in [1.54, 1.807) is 17.1 Å². The number of H-pyrrole nitrogens is 1. The van der Waals surface area contributed by atoms with Gasteiger partial charge >= 0.3 is 0 Å². The fourth-order valence-electron chi connectivity index (χ4n) is 3.31. The van der Waals surface area contributed by atoms with Crippen molar-refractivity contribution in [2.24, 2.45) is 0 Å². The van der Waals surface area contributed by atoms with E-state index in [9.17, 15) is 4.79 Å². The maximum absolute atomic E-state index is 12.6. The zero-order chi connectivity index (χ0) is 16.5. The van der Waals surface area contributed by atoms with Crippen LogP contribution in [0.5, 0.6) is 0 Å². The van der Waals surface area contributed by atoms with E-state index in [1.807, 2.05) is 30.2 Å². The number of nitrogens with zero attached hydrogens (tertiary/aromatic N) is 5. The fourth-order valence-corrected chi connectivity index (χ4v) is 3.31. The summed E-state index contributed by atoms with van der Waals surface area (Å²) in [4.78, 5) is 19.2. The van der Waals surface area contributed by atoms with Crippen molar-refractivity contribution in [2.75, 3.05) is 13.1 Å². The van der Waals surface area contributed by atoms with Crippen LogP contribution < -0.4 is 0 Å². The van der Waals surface area contributed by atoms with Crippen LogP contribution in [-0.4, -0.2) is 48.9 Å². The van der Waals surface area contributed by atoms with Crippen molar-refractivity contribution in [3.63, 3.8) is 0 Å². The molecule has 0 unspecified atom stereocenters. The van der Waals surface area contributed by atoms with Crippen LogP contribution in [-0.2, 0) is 11.3 Å². The van der Waals surface area contributed by atoms with Gasteiger partial charge in [-0.25, -0.2) is 4.98 Å². The van der Waals surface area contributed by atoms with Gasteiger partial charge in [-0.2, -0.15) is 10.2 Å². The van der Waals surface area contributed by atoms with E-state index in [1.165, 1.54) is 0 Å². The summed E-state index contributed by atoms with van der Waals surface area (Å²) in [6, 6.07) is 4.09. The minimum Gasteiger partial charge on any atom is -0.340 e. The largest absolute Gasteiger partial charge is 0.340 e. The summed E-state index contributed by atoms with van der Waals surface area (Å²) < 4.78 is 1.70. The number of carbonyl (C=O) groups excluding carboxylic acids is 1. The molecule has 4 heterocycles. The van der Waals surface area contributed by atoms with Gasteiger partial charge in [-0.1, -0.05) is 0 Å². The number of nitrogens with one attached hydrogen (secondary N) is 1. The second-order valence-electron chi connectivity index (χ2n) is 6.44. The van der Waals surface area contributed by atoms with Crippen molar-refractivity contribution >= 4 is 16.9 Å². The standard InChI is InChI=1S/C17H20N6O/c1-12-7-19-23(9-12)11-16(24)22-6-2-3-14(10-22)15-5-4-13-8-18-21-17(13)20-15/h4-5,7-9,14H,2-3,6,10-11H2,1H3,(H,18,20,21)/t14-/m0/s1. The third-order valence-electron chi connectivity index (χ3n) is 4.57. The molecule has 0 aromatic carbocycles. The molecule has 1 fully saturated rings. The summed E-state index contributed by atoms with van der Waals surface area (Å²) >= 11 is 0. The summed E-state index contributed by atoms with van der Waals surface area (Å²) in [5.41, 5.74) is 2.90. The number of likely N-dealkylation sites (tertiary alicyclic amines) is 1. The van der Waals surface area contributed by atoms with Crippen molar-refractivity contribution in [1.82, 2.24) is 29.9 Å². The lowest BCUT2D eigenvalue weighted by Crippen LogP contribution is -2.41. The maximum atomic E-state index is 12.6. The average Bonchev–Trinajstić information content (AvgIpc) is 3.23. The van der Waals surface area contributed by atoms with Gasteiger partial charge in [0.05, 0.1) is 12.4 Å². The summed E-state index contributed by atoms with van der Waals surface area (Å²) in [5, 5.41) is 12.1. The zero-order valence-electron chi connectivity index (χ0n) is 13.6. The number of rotatable bonds is 3. The molecule has 7 heteroatoms. The quantitative estimate of drug-likeness (QED) is 0.797. The normalized spacial score (nSPS) is 18.2. The van der Waals surface area contributed by atoms with Crippen LogP contribution >= 0.6 is 0 Å². The molecular weight excluding hydrogens is 304 g/mol. The minimum atomic E-state index is 0.116. The highest BCUT2D eigenvalue weighted by molar-refractivity contribution is 5.76. The molecule has 1 aliphatic rings. The molecule has 7 nitrogen and oxygen atoms in total. The van der Waals surface area contributed by atoms with Gasteiger partial charge < -0.3 is 4.90 Å². The summed E-state index contributed by atoms with van der Waals surface area (Å²) in [7, 11) is 0. The van der Waals surface area contributed by atoms with Gasteiger partial charge in [-0.3, -0.25) is 14.6 Å². The Bertz CT molecular complexity index is 867. The van der Waals surface area contributed by atoms with Crippen molar-refractivity contribution in [1.29, 1.82) is 0 Å². The average molecular weight is 324 g/mol. The number of carbonyl (C=O) groups is 1. The number of hydrogen-bond donors (Lipinski definition) is 1. The van der Waals surface area contributed by atoms with E-state index < -0.39 is 0 Å². The Morgan fingerprint density at radius 3 is 3.12 bits per heavy atom. The smallest absolute Gasteiger partial charge is 0.244 e. The first-order valence-corrected chi connectivity index (χ1v) is 8.26. The fraction of sp³-hybridized carbons (Fsp3) is 0.412. The molecule has 0 radical (unpaired) electrons. The van der Waals surface area contributed by atoms with E-state index in [-0.39, 0.29) is 11.8 Å². The van der Waals surface area contributed by atoms with E-state index in [4.69, 9.17) is 0 Å². The molecule has 3 aromatic heterocycles. The number of pyridine rings is 1. The Hall–Kier alpha value is -2.70. The molecule has 24 heavy (non-hydrogen) atoms. The van der Waals surface area contributed by atoms with E-state index in [0.29, 0.717) is 13.1 Å². The predicted octanol–water partition coefficient (Wildman–Crippen LogP) is 1.87. The predicted molar refractivity (Wildman–Crippen MR) is 89.4 cm³/mol. The molecule has 3 aromatic rings. The molecule has 1 saturated heterocycles. The Kier molecular flexibility index (Phi) is 3.76. The van der Waals surface area contributed by atoms with Gasteiger partial charge in [0.2, 0.25) is 5.91 Å². The van der Waals surface area contributed by atoms with Gasteiger partial charge in [-0.15, -0.1) is 0 Å². The highest BCUT2D eigenvalue weighted by atomic mass is 16.2. The van der Waals surface area contributed by atoms with Gasteiger partial charge in [0.1, 0.15) is 6.54 Å². The molecule has 0 bridgehead atoms. The van der Waals surface area contributed by atoms with Crippen LogP contribution in [0.1, 0.15) is 30.0 Å². The number of amides is 1. The lowest BCUT2D eigenvalue weighted by molar-refractivity contribution is -0.133. The Balaban J connectivity index is 1.47. The molecule has 0 spiro atoms. The highest BCUT2D eigenvalue weighted by Gasteiger charge is 2.26. The zero-order valence-corrected chi connectivity index (χ0v) is 13.6. The molecular formula is C17H20N6O. The Morgan fingerprint density at radius 2 is 2.29 bits per heavy atom. The van der Waals surface area contributed by atoms with Crippen molar-refractivity contribution in [3.8, 4) is 0 Å². The highest BCUT2D eigenvalue weighted by Crippen LogP contribution is 2.26. The van der Waals surface area contributed by atoms with Gasteiger partial charge in [-0.05, 0) is 37.5 Å². The third-order valence-corrected chi connectivity index (χ3v) is 4.57. The summed E-state index contributed by atoms with van der Waals surface area (Å²) in [6.07, 6.45) is 7.49. The number of aromatic nitrogens is 5. The topological polar surface area (TPSA) is 79.7 Å². The molecule has 1 amide bonds. The summed E-state index contributed by atoms with van der Waals surface area (Å²) in [5.74, 6) is 0.389.